The molecule has 0 aliphatic rings. The van der Waals surface area contributed by atoms with E-state index in [1.807, 2.05) is 30.3 Å². The van der Waals surface area contributed by atoms with Crippen LogP contribution in [0.3, 0.4) is 0 Å². The number of rotatable bonds is 5. The predicted molar refractivity (Wildman–Crippen MR) is 89.5 cm³/mol. The van der Waals surface area contributed by atoms with Gasteiger partial charge in [-0.2, -0.15) is 0 Å². The van der Waals surface area contributed by atoms with Gasteiger partial charge in [0.2, 0.25) is 0 Å². The van der Waals surface area contributed by atoms with Crippen molar-refractivity contribution in [1.82, 2.24) is 4.98 Å². The molecule has 112 valence electrons. The number of hydrogen-bond donors (Lipinski definition) is 0. The lowest BCUT2D eigenvalue weighted by Gasteiger charge is -2.07. The van der Waals surface area contributed by atoms with Crippen molar-refractivity contribution in [2.24, 2.45) is 0 Å². The summed E-state index contributed by atoms with van der Waals surface area (Å²) >= 11 is 4.87. The van der Waals surface area contributed by atoms with Crippen LogP contribution >= 0.6 is 27.3 Å². The van der Waals surface area contributed by atoms with E-state index in [4.69, 9.17) is 9.47 Å². The molecule has 0 spiro atoms. The normalized spacial score (nSPS) is 10.6. The number of esters is 1. The minimum absolute atomic E-state index is 0.200. The third-order valence-corrected chi connectivity index (χ3v) is 4.23. The Morgan fingerprint density at radius 1 is 1.18 bits per heavy atom. The van der Waals surface area contributed by atoms with Crippen molar-refractivity contribution in [2.45, 2.75) is 0 Å². The van der Waals surface area contributed by atoms with Crippen molar-refractivity contribution in [3.8, 4) is 5.75 Å². The number of carbonyl (C=O) groups excluding carboxylic acids is 1. The Morgan fingerprint density at radius 3 is 2.95 bits per heavy atom. The van der Waals surface area contributed by atoms with E-state index in [0.29, 0.717) is 12.2 Å². The lowest BCUT2D eigenvalue weighted by atomic mass is 10.2. The summed E-state index contributed by atoms with van der Waals surface area (Å²) in [6, 6.07) is 12.9. The molecule has 1 aromatic heterocycles. The molecule has 0 bridgehead atoms. The van der Waals surface area contributed by atoms with Gasteiger partial charge in [-0.1, -0.05) is 22.0 Å². The molecule has 0 fully saturated rings. The second kappa shape index (κ2) is 6.89. The molecule has 1 heterocycles. The number of halogens is 1. The molecular formula is C16H12BrNO3S. The maximum Gasteiger partial charge on any atom is 0.338 e. The van der Waals surface area contributed by atoms with Gasteiger partial charge in [-0.05, 0) is 36.4 Å². The van der Waals surface area contributed by atoms with E-state index in [-0.39, 0.29) is 12.6 Å². The van der Waals surface area contributed by atoms with Gasteiger partial charge in [-0.15, -0.1) is 11.3 Å². The lowest BCUT2D eigenvalue weighted by molar-refractivity contribution is 0.0450. The first-order valence-electron chi connectivity index (χ1n) is 6.61. The Kier molecular flexibility index (Phi) is 4.70. The van der Waals surface area contributed by atoms with Crippen molar-refractivity contribution in [3.63, 3.8) is 0 Å². The number of carbonyl (C=O) groups is 1. The summed E-state index contributed by atoms with van der Waals surface area (Å²) in [7, 11) is 0. The summed E-state index contributed by atoms with van der Waals surface area (Å²) in [5.74, 6) is 0.379. The fourth-order valence-corrected chi connectivity index (χ4v) is 3.01. The van der Waals surface area contributed by atoms with Crippen LogP contribution in [0, 0.1) is 0 Å². The van der Waals surface area contributed by atoms with Gasteiger partial charge in [0.05, 0.1) is 21.3 Å². The third-order valence-electron chi connectivity index (χ3n) is 2.95. The summed E-state index contributed by atoms with van der Waals surface area (Å²) in [5, 5.41) is 0. The van der Waals surface area contributed by atoms with Crippen LogP contribution < -0.4 is 4.74 Å². The van der Waals surface area contributed by atoms with Crippen LogP contribution in [-0.4, -0.2) is 24.2 Å². The molecule has 0 aliphatic carbocycles. The first-order valence-corrected chi connectivity index (χ1v) is 8.28. The molecule has 0 saturated heterocycles. The molecule has 2 aromatic carbocycles. The molecule has 0 amide bonds. The van der Waals surface area contributed by atoms with E-state index in [0.717, 1.165) is 20.4 Å². The highest BCUT2D eigenvalue weighted by Crippen LogP contribution is 2.20. The van der Waals surface area contributed by atoms with E-state index in [9.17, 15) is 4.79 Å². The topological polar surface area (TPSA) is 48.4 Å². The minimum atomic E-state index is -0.354. The van der Waals surface area contributed by atoms with Crippen LogP contribution in [-0.2, 0) is 4.74 Å². The number of aromatic nitrogens is 1. The zero-order chi connectivity index (χ0) is 15.4. The fraction of sp³-hybridized carbons (Fsp3) is 0.125. The van der Waals surface area contributed by atoms with Crippen molar-refractivity contribution < 1.29 is 14.3 Å². The van der Waals surface area contributed by atoms with Crippen molar-refractivity contribution >= 4 is 43.5 Å². The molecule has 0 saturated carbocycles. The summed E-state index contributed by atoms with van der Waals surface area (Å²) in [5.41, 5.74) is 3.17. The zero-order valence-electron chi connectivity index (χ0n) is 11.5. The molecule has 0 aliphatic heterocycles. The SMILES string of the molecule is O=C(OCCOc1cccc(Br)c1)c1ccc2ncsc2c1. The number of fused-ring (bicyclic) bond motifs is 1. The molecule has 22 heavy (non-hydrogen) atoms. The van der Waals surface area contributed by atoms with E-state index in [2.05, 4.69) is 20.9 Å². The smallest absolute Gasteiger partial charge is 0.338 e. The van der Waals surface area contributed by atoms with E-state index in [1.165, 1.54) is 11.3 Å². The van der Waals surface area contributed by atoms with Crippen LogP contribution in [0.2, 0.25) is 0 Å². The van der Waals surface area contributed by atoms with Gasteiger partial charge >= 0.3 is 5.97 Å². The van der Waals surface area contributed by atoms with Gasteiger partial charge in [0.25, 0.3) is 0 Å². The molecule has 4 nitrogen and oxygen atoms in total. The first kappa shape index (κ1) is 15.0. The Morgan fingerprint density at radius 2 is 2.09 bits per heavy atom. The molecule has 0 radical (unpaired) electrons. The summed E-state index contributed by atoms with van der Waals surface area (Å²) < 4.78 is 12.6. The first-order chi connectivity index (χ1) is 10.7. The van der Waals surface area contributed by atoms with Crippen LogP contribution in [0.4, 0.5) is 0 Å². The summed E-state index contributed by atoms with van der Waals surface area (Å²) in [6.45, 7) is 0.511. The third kappa shape index (κ3) is 3.64. The number of benzene rings is 2. The number of hydrogen-bond acceptors (Lipinski definition) is 5. The minimum Gasteiger partial charge on any atom is -0.490 e. The fourth-order valence-electron chi connectivity index (χ4n) is 1.92. The Hall–Kier alpha value is -1.92. The monoisotopic (exact) mass is 377 g/mol. The molecule has 6 heteroatoms. The summed E-state index contributed by atoms with van der Waals surface area (Å²) in [4.78, 5) is 16.2. The van der Waals surface area contributed by atoms with Crippen molar-refractivity contribution in [3.05, 3.63) is 58.0 Å². The van der Waals surface area contributed by atoms with Gasteiger partial charge in [-0.3, -0.25) is 0 Å². The Labute approximate surface area is 139 Å². The van der Waals surface area contributed by atoms with Gasteiger partial charge in [0.1, 0.15) is 19.0 Å². The van der Waals surface area contributed by atoms with E-state index >= 15 is 0 Å². The second-order valence-electron chi connectivity index (χ2n) is 4.48. The molecule has 0 unspecified atom stereocenters. The average Bonchev–Trinajstić information content (AvgIpc) is 2.99. The standard InChI is InChI=1S/C16H12BrNO3S/c17-12-2-1-3-13(9-12)20-6-7-21-16(19)11-4-5-14-15(8-11)22-10-18-14/h1-5,8-10H,6-7H2. The lowest BCUT2D eigenvalue weighted by Crippen LogP contribution is -2.12. The van der Waals surface area contributed by atoms with E-state index < -0.39 is 0 Å². The molecule has 0 N–H and O–H groups in total. The average molecular weight is 378 g/mol. The highest BCUT2D eigenvalue weighted by atomic mass is 79.9. The Bertz CT molecular complexity index is 803. The number of nitrogens with zero attached hydrogens (tertiary/aromatic N) is 1. The number of thiazole rings is 1. The van der Waals surface area contributed by atoms with Crippen molar-refractivity contribution in [1.29, 1.82) is 0 Å². The van der Waals surface area contributed by atoms with Crippen LogP contribution in [0.15, 0.2) is 52.4 Å². The maximum absolute atomic E-state index is 12.0. The van der Waals surface area contributed by atoms with Crippen LogP contribution in [0.25, 0.3) is 10.2 Å². The van der Waals surface area contributed by atoms with E-state index in [1.54, 1.807) is 17.6 Å². The maximum atomic E-state index is 12.0. The van der Waals surface area contributed by atoms with Gasteiger partial charge < -0.3 is 9.47 Å². The molecule has 3 aromatic rings. The highest BCUT2D eigenvalue weighted by Gasteiger charge is 2.09. The van der Waals surface area contributed by atoms with Crippen LogP contribution in [0.1, 0.15) is 10.4 Å². The summed E-state index contributed by atoms with van der Waals surface area (Å²) in [6.07, 6.45) is 0. The Balaban J connectivity index is 1.51. The highest BCUT2D eigenvalue weighted by molar-refractivity contribution is 9.10. The molecule has 0 atom stereocenters. The van der Waals surface area contributed by atoms with Gasteiger partial charge in [-0.25, -0.2) is 9.78 Å². The van der Waals surface area contributed by atoms with Gasteiger partial charge in [0.15, 0.2) is 0 Å². The zero-order valence-corrected chi connectivity index (χ0v) is 13.9. The molecular weight excluding hydrogens is 366 g/mol. The number of ether oxygens (including phenoxy) is 2. The second-order valence-corrected chi connectivity index (χ2v) is 6.28. The van der Waals surface area contributed by atoms with Gasteiger partial charge in [0, 0.05) is 4.47 Å². The van der Waals surface area contributed by atoms with Crippen molar-refractivity contribution in [2.75, 3.05) is 13.2 Å². The quantitative estimate of drug-likeness (QED) is 0.491. The molecule has 3 rings (SSSR count). The largest absolute Gasteiger partial charge is 0.490 e. The van der Waals surface area contributed by atoms with Crippen LogP contribution in [0.5, 0.6) is 5.75 Å². The predicted octanol–water partition coefficient (Wildman–Crippen LogP) is 4.29.